The minimum atomic E-state index is -4.63. The van der Waals surface area contributed by atoms with Crippen molar-refractivity contribution in [3.05, 3.63) is 107 Å². The second-order valence-electron chi connectivity index (χ2n) is 9.20. The molecule has 4 N–H and O–H groups in total. The highest BCUT2D eigenvalue weighted by Gasteiger charge is 2.34. The Balaban J connectivity index is 1.81. The molecule has 0 bridgehead atoms. The van der Waals surface area contributed by atoms with E-state index in [0.29, 0.717) is 46.1 Å². The van der Waals surface area contributed by atoms with Crippen molar-refractivity contribution in [3.63, 3.8) is 0 Å². The highest BCUT2D eigenvalue weighted by molar-refractivity contribution is 7.90. The molecule has 0 radical (unpaired) electrons. The van der Waals surface area contributed by atoms with Gasteiger partial charge in [0.1, 0.15) is 5.82 Å². The largest absolute Gasteiger partial charge is 0.434 e. The molecule has 3 aromatic carbocycles. The molecule has 1 aromatic heterocycles. The lowest BCUT2D eigenvalue weighted by atomic mass is 10.0. The standard InChI is InChI=1S/C28H27ClF3N5O2S/c1-18-35-27(28(30,31)32)17-36(18)25-13-9-21(20-4-3-5-24(14-20)40(2,38)39)15-26(25)37(34)23(16-33)12-8-19-6-10-22(29)11-7-19/h3-7,9-11,13-17H,8,12,33-34H2,1-2H3/b23-16-. The van der Waals surface area contributed by atoms with Crippen LogP contribution in [0.5, 0.6) is 0 Å². The van der Waals surface area contributed by atoms with Gasteiger partial charge >= 0.3 is 6.18 Å². The summed E-state index contributed by atoms with van der Waals surface area (Å²) < 4.78 is 65.9. The maximum atomic E-state index is 13.5. The zero-order valence-corrected chi connectivity index (χ0v) is 23.2. The minimum absolute atomic E-state index is 0.105. The van der Waals surface area contributed by atoms with E-state index in [4.69, 9.17) is 23.2 Å². The first kappa shape index (κ1) is 29.2. The number of anilines is 1. The summed E-state index contributed by atoms with van der Waals surface area (Å²) in [5.41, 5.74) is 8.27. The molecule has 0 amide bonds. The van der Waals surface area contributed by atoms with Gasteiger partial charge in [-0.05, 0) is 72.9 Å². The average Bonchev–Trinajstić information content (AvgIpc) is 3.31. The number of allylic oxidation sites excluding steroid dienone is 1. The van der Waals surface area contributed by atoms with E-state index in [1.165, 1.54) is 34.8 Å². The molecule has 40 heavy (non-hydrogen) atoms. The van der Waals surface area contributed by atoms with Crippen molar-refractivity contribution in [1.82, 2.24) is 9.55 Å². The summed E-state index contributed by atoms with van der Waals surface area (Å²) in [5, 5.41) is 1.93. The Morgan fingerprint density at radius 2 is 1.75 bits per heavy atom. The Kier molecular flexibility index (Phi) is 8.29. The lowest BCUT2D eigenvalue weighted by Crippen LogP contribution is -2.32. The van der Waals surface area contributed by atoms with Gasteiger partial charge in [0.05, 0.1) is 22.0 Å². The fourth-order valence-corrected chi connectivity index (χ4v) is 5.01. The number of nitrogens with zero attached hydrogens (tertiary/aromatic N) is 3. The van der Waals surface area contributed by atoms with Crippen molar-refractivity contribution in [3.8, 4) is 16.8 Å². The van der Waals surface area contributed by atoms with Crippen LogP contribution in [0.3, 0.4) is 0 Å². The number of rotatable bonds is 8. The van der Waals surface area contributed by atoms with Crippen LogP contribution < -0.4 is 16.6 Å². The van der Waals surface area contributed by atoms with Crippen molar-refractivity contribution >= 4 is 27.1 Å². The first-order valence-electron chi connectivity index (χ1n) is 12.1. The van der Waals surface area contributed by atoms with E-state index in [1.807, 2.05) is 12.1 Å². The number of aromatic nitrogens is 2. The fourth-order valence-electron chi connectivity index (χ4n) is 4.22. The molecule has 0 fully saturated rings. The summed E-state index contributed by atoms with van der Waals surface area (Å²) in [5.74, 6) is 6.68. The lowest BCUT2D eigenvalue weighted by Gasteiger charge is -2.26. The Morgan fingerprint density at radius 3 is 2.35 bits per heavy atom. The predicted octanol–water partition coefficient (Wildman–Crippen LogP) is 6.04. The number of hydrazine groups is 1. The topological polar surface area (TPSA) is 107 Å². The van der Waals surface area contributed by atoms with Gasteiger partial charge in [0.15, 0.2) is 15.5 Å². The third-order valence-corrected chi connectivity index (χ3v) is 7.71. The van der Waals surface area contributed by atoms with Crippen LogP contribution in [0.25, 0.3) is 16.8 Å². The number of benzene rings is 3. The Bertz CT molecular complexity index is 1670. The molecule has 4 aromatic rings. The van der Waals surface area contributed by atoms with Gasteiger partial charge in [-0.1, -0.05) is 41.9 Å². The summed E-state index contributed by atoms with van der Waals surface area (Å²) >= 11 is 5.98. The molecule has 0 spiro atoms. The molecular weight excluding hydrogens is 563 g/mol. The number of halogens is 4. The molecule has 4 rings (SSSR count). The van der Waals surface area contributed by atoms with Gasteiger partial charge in [-0.25, -0.2) is 19.2 Å². The summed E-state index contributed by atoms with van der Waals surface area (Å²) in [6.07, 6.45) is -0.281. The summed E-state index contributed by atoms with van der Waals surface area (Å²) in [4.78, 5) is 3.82. The van der Waals surface area contributed by atoms with E-state index in [-0.39, 0.29) is 10.7 Å². The van der Waals surface area contributed by atoms with Crippen molar-refractivity contribution in [2.75, 3.05) is 11.3 Å². The molecular formula is C28H27ClF3N5O2S. The van der Waals surface area contributed by atoms with Gasteiger partial charge in [-0.2, -0.15) is 13.2 Å². The normalized spacial score (nSPS) is 12.5. The van der Waals surface area contributed by atoms with Crippen molar-refractivity contribution in [2.45, 2.75) is 30.8 Å². The number of hydrogen-bond donors (Lipinski definition) is 2. The van der Waals surface area contributed by atoms with E-state index in [9.17, 15) is 21.6 Å². The van der Waals surface area contributed by atoms with E-state index >= 15 is 0 Å². The van der Waals surface area contributed by atoms with Gasteiger partial charge in [0, 0.05) is 23.7 Å². The maximum Gasteiger partial charge on any atom is 0.434 e. The van der Waals surface area contributed by atoms with Crippen LogP contribution in [0.4, 0.5) is 18.9 Å². The molecule has 12 heteroatoms. The molecule has 0 atom stereocenters. The molecule has 0 aliphatic rings. The minimum Gasteiger partial charge on any atom is -0.403 e. The van der Waals surface area contributed by atoms with Crippen molar-refractivity contribution in [2.24, 2.45) is 11.6 Å². The predicted molar refractivity (Wildman–Crippen MR) is 151 cm³/mol. The third kappa shape index (κ3) is 6.49. The third-order valence-electron chi connectivity index (χ3n) is 6.35. The number of sulfone groups is 1. The van der Waals surface area contributed by atoms with Gasteiger partial charge in [0.25, 0.3) is 0 Å². The summed E-state index contributed by atoms with van der Waals surface area (Å²) in [6.45, 7) is 1.46. The number of aryl methyl sites for hydroxylation is 2. The van der Waals surface area contributed by atoms with Crippen LogP contribution >= 0.6 is 11.6 Å². The van der Waals surface area contributed by atoms with Gasteiger partial charge in [-0.3, -0.25) is 5.01 Å². The Hall–Kier alpha value is -3.80. The monoisotopic (exact) mass is 589 g/mol. The fraction of sp³-hybridized carbons (Fsp3) is 0.179. The van der Waals surface area contributed by atoms with E-state index in [2.05, 4.69) is 4.98 Å². The Morgan fingerprint density at radius 1 is 1.07 bits per heavy atom. The van der Waals surface area contributed by atoms with E-state index in [1.54, 1.807) is 42.5 Å². The molecule has 0 saturated carbocycles. The van der Waals surface area contributed by atoms with Crippen LogP contribution in [0.1, 0.15) is 23.5 Å². The molecule has 210 valence electrons. The first-order valence-corrected chi connectivity index (χ1v) is 14.3. The van der Waals surface area contributed by atoms with Crippen LogP contribution in [0.2, 0.25) is 5.02 Å². The highest BCUT2D eigenvalue weighted by atomic mass is 35.5. The lowest BCUT2D eigenvalue weighted by molar-refractivity contribution is -0.141. The maximum absolute atomic E-state index is 13.5. The number of nitrogens with two attached hydrogens (primary N) is 2. The SMILES string of the molecule is Cc1nc(C(F)(F)F)cn1-c1ccc(-c2cccc(S(C)(=O)=O)c2)cc1N(N)/C(=C\N)CCc1ccc(Cl)cc1. The second-order valence-corrected chi connectivity index (χ2v) is 11.7. The van der Waals surface area contributed by atoms with Crippen molar-refractivity contribution in [1.29, 1.82) is 0 Å². The average molecular weight is 590 g/mol. The van der Waals surface area contributed by atoms with Crippen LogP contribution in [0.15, 0.2) is 89.7 Å². The smallest absolute Gasteiger partial charge is 0.403 e. The van der Waals surface area contributed by atoms with E-state index < -0.39 is 21.7 Å². The molecule has 7 nitrogen and oxygen atoms in total. The molecule has 0 saturated heterocycles. The summed E-state index contributed by atoms with van der Waals surface area (Å²) in [7, 11) is -3.47. The second kappa shape index (κ2) is 11.4. The zero-order chi connectivity index (χ0) is 29.2. The molecule has 0 aliphatic heterocycles. The summed E-state index contributed by atoms with van der Waals surface area (Å²) in [6, 6.07) is 18.6. The van der Waals surface area contributed by atoms with Crippen molar-refractivity contribution < 1.29 is 21.6 Å². The van der Waals surface area contributed by atoms with Crippen LogP contribution in [-0.4, -0.2) is 24.2 Å². The van der Waals surface area contributed by atoms with Gasteiger partial charge < -0.3 is 10.3 Å². The first-order chi connectivity index (χ1) is 18.8. The molecule has 0 aliphatic carbocycles. The van der Waals surface area contributed by atoms with E-state index in [0.717, 1.165) is 18.0 Å². The molecule has 0 unspecified atom stereocenters. The van der Waals surface area contributed by atoms with Gasteiger partial charge in [-0.15, -0.1) is 0 Å². The van der Waals surface area contributed by atoms with Gasteiger partial charge in [0.2, 0.25) is 0 Å². The quantitative estimate of drug-likeness (QED) is 0.192. The zero-order valence-electron chi connectivity index (χ0n) is 21.7. The highest BCUT2D eigenvalue weighted by Crippen LogP contribution is 2.35. The number of imidazole rings is 1. The Labute approximate surface area is 235 Å². The number of hydrogen-bond acceptors (Lipinski definition) is 6. The number of alkyl halides is 3. The molecule has 1 heterocycles. The van der Waals surface area contributed by atoms with Crippen LogP contribution in [-0.2, 0) is 22.4 Å². The van der Waals surface area contributed by atoms with Crippen LogP contribution in [0, 0.1) is 6.92 Å².